The molecule has 6 nitrogen and oxygen atoms in total. The standard InChI is InChI=1S/C28H34N2O4S/c1-4-34-27-18-17-25(19-21(27)2)35(32,33)30-26(20-24-13-9-6-10-14-24)28(31)29-22(3)15-16-23-11-7-5-8-12-23/h5-14,17-19,22,26,30H,4,15-16,20H2,1-3H3,(H,29,31)/t22-,26-/m1/s1. The Morgan fingerprint density at radius 3 is 2.17 bits per heavy atom. The van der Waals surface area contributed by atoms with Crippen molar-refractivity contribution in [3.63, 3.8) is 0 Å². The van der Waals surface area contributed by atoms with Crippen LogP contribution in [-0.4, -0.2) is 33.0 Å². The molecule has 0 aromatic heterocycles. The average molecular weight is 495 g/mol. The Morgan fingerprint density at radius 1 is 0.943 bits per heavy atom. The second kappa shape index (κ2) is 12.5. The van der Waals surface area contributed by atoms with Crippen LogP contribution in [0, 0.1) is 6.92 Å². The van der Waals surface area contributed by atoms with Crippen molar-refractivity contribution in [3.8, 4) is 5.75 Å². The van der Waals surface area contributed by atoms with Crippen LogP contribution >= 0.6 is 0 Å². The Balaban J connectivity index is 1.74. The molecule has 35 heavy (non-hydrogen) atoms. The van der Waals surface area contributed by atoms with Gasteiger partial charge in [0.2, 0.25) is 15.9 Å². The van der Waals surface area contributed by atoms with Crippen LogP contribution in [0.5, 0.6) is 5.75 Å². The van der Waals surface area contributed by atoms with E-state index < -0.39 is 16.1 Å². The monoisotopic (exact) mass is 494 g/mol. The van der Waals surface area contributed by atoms with Gasteiger partial charge in [0.25, 0.3) is 0 Å². The number of rotatable bonds is 12. The molecule has 0 saturated carbocycles. The van der Waals surface area contributed by atoms with Gasteiger partial charge in [-0.2, -0.15) is 4.72 Å². The molecule has 0 saturated heterocycles. The highest BCUT2D eigenvalue weighted by molar-refractivity contribution is 7.89. The zero-order chi connectivity index (χ0) is 25.3. The van der Waals surface area contributed by atoms with Crippen molar-refractivity contribution in [2.45, 2.75) is 57.0 Å². The zero-order valence-corrected chi connectivity index (χ0v) is 21.3. The molecule has 0 radical (unpaired) electrons. The predicted molar refractivity (Wildman–Crippen MR) is 139 cm³/mol. The van der Waals surface area contributed by atoms with E-state index in [1.165, 1.54) is 11.6 Å². The molecule has 3 aromatic carbocycles. The van der Waals surface area contributed by atoms with E-state index in [9.17, 15) is 13.2 Å². The first-order chi connectivity index (χ1) is 16.8. The number of hydrogen-bond donors (Lipinski definition) is 2. The SMILES string of the molecule is CCOc1ccc(S(=O)(=O)N[C@H](Cc2ccccc2)C(=O)N[C@H](C)CCc2ccccc2)cc1C. The van der Waals surface area contributed by atoms with Gasteiger partial charge in [-0.25, -0.2) is 8.42 Å². The molecular weight excluding hydrogens is 460 g/mol. The van der Waals surface area contributed by atoms with E-state index in [0.29, 0.717) is 17.9 Å². The average Bonchev–Trinajstić information content (AvgIpc) is 2.85. The fourth-order valence-electron chi connectivity index (χ4n) is 3.84. The normalized spacial score (nSPS) is 13.1. The van der Waals surface area contributed by atoms with Crippen molar-refractivity contribution in [3.05, 3.63) is 95.6 Å². The molecule has 2 N–H and O–H groups in total. The first-order valence-corrected chi connectivity index (χ1v) is 13.4. The maximum absolute atomic E-state index is 13.2. The molecule has 0 spiro atoms. The van der Waals surface area contributed by atoms with Crippen molar-refractivity contribution in [1.82, 2.24) is 10.0 Å². The van der Waals surface area contributed by atoms with Gasteiger partial charge in [-0.15, -0.1) is 0 Å². The van der Waals surface area contributed by atoms with Crippen LogP contribution in [0.4, 0.5) is 0 Å². The number of amides is 1. The lowest BCUT2D eigenvalue weighted by atomic mass is 10.0. The summed E-state index contributed by atoms with van der Waals surface area (Å²) in [5.74, 6) is 0.290. The highest BCUT2D eigenvalue weighted by atomic mass is 32.2. The molecule has 2 atom stereocenters. The summed E-state index contributed by atoms with van der Waals surface area (Å²) in [7, 11) is -3.94. The van der Waals surface area contributed by atoms with Gasteiger partial charge in [-0.1, -0.05) is 60.7 Å². The summed E-state index contributed by atoms with van der Waals surface area (Å²) in [5, 5.41) is 3.00. The van der Waals surface area contributed by atoms with Crippen LogP contribution in [-0.2, 0) is 27.7 Å². The second-order valence-electron chi connectivity index (χ2n) is 8.66. The number of sulfonamides is 1. The lowest BCUT2D eigenvalue weighted by molar-refractivity contribution is -0.123. The van der Waals surface area contributed by atoms with E-state index in [1.54, 1.807) is 19.1 Å². The summed E-state index contributed by atoms with van der Waals surface area (Å²) in [6.45, 7) is 6.10. The maximum Gasteiger partial charge on any atom is 0.241 e. The van der Waals surface area contributed by atoms with E-state index >= 15 is 0 Å². The second-order valence-corrected chi connectivity index (χ2v) is 10.4. The maximum atomic E-state index is 13.2. The van der Waals surface area contributed by atoms with E-state index in [-0.39, 0.29) is 23.3 Å². The summed E-state index contributed by atoms with van der Waals surface area (Å²) < 4.78 is 34.6. The third-order valence-corrected chi connectivity index (χ3v) is 7.22. The fourth-order valence-corrected chi connectivity index (χ4v) is 5.12. The van der Waals surface area contributed by atoms with Crippen molar-refractivity contribution in [1.29, 1.82) is 0 Å². The first kappa shape index (κ1) is 26.4. The zero-order valence-electron chi connectivity index (χ0n) is 20.5. The van der Waals surface area contributed by atoms with Gasteiger partial charge < -0.3 is 10.1 Å². The number of carbonyl (C=O) groups excluding carboxylic acids is 1. The Bertz CT molecular complexity index is 1200. The van der Waals surface area contributed by atoms with Gasteiger partial charge in [-0.3, -0.25) is 4.79 Å². The minimum Gasteiger partial charge on any atom is -0.494 e. The first-order valence-electron chi connectivity index (χ1n) is 11.9. The minimum atomic E-state index is -3.94. The number of hydrogen-bond acceptors (Lipinski definition) is 4. The van der Waals surface area contributed by atoms with E-state index in [1.807, 2.05) is 62.4 Å². The van der Waals surface area contributed by atoms with Crippen LogP contribution in [0.15, 0.2) is 83.8 Å². The molecular formula is C28H34N2O4S. The molecule has 186 valence electrons. The summed E-state index contributed by atoms with van der Waals surface area (Å²) in [4.78, 5) is 13.3. The number of ether oxygens (including phenoxy) is 1. The van der Waals surface area contributed by atoms with Crippen LogP contribution in [0.1, 0.15) is 37.0 Å². The summed E-state index contributed by atoms with van der Waals surface area (Å²) in [6, 6.07) is 23.1. The van der Waals surface area contributed by atoms with Crippen molar-refractivity contribution in [2.75, 3.05) is 6.61 Å². The quantitative estimate of drug-likeness (QED) is 0.390. The Kier molecular flexibility index (Phi) is 9.46. The fraction of sp³-hybridized carbons (Fsp3) is 0.321. The Hall–Kier alpha value is -3.16. The number of aryl methyl sites for hydroxylation is 2. The third kappa shape index (κ3) is 7.94. The van der Waals surface area contributed by atoms with Crippen LogP contribution in [0.2, 0.25) is 0 Å². The topological polar surface area (TPSA) is 84.5 Å². The van der Waals surface area contributed by atoms with Gasteiger partial charge in [-0.05, 0) is 74.9 Å². The molecule has 0 bridgehead atoms. The molecule has 0 aliphatic carbocycles. The minimum absolute atomic E-state index is 0.0986. The molecule has 0 aliphatic heterocycles. The van der Waals surface area contributed by atoms with Crippen molar-refractivity contribution < 1.29 is 17.9 Å². The summed E-state index contributed by atoms with van der Waals surface area (Å²) >= 11 is 0. The molecule has 0 aliphatic rings. The molecule has 7 heteroatoms. The number of benzene rings is 3. The van der Waals surface area contributed by atoms with Gasteiger partial charge in [0.15, 0.2) is 0 Å². The number of carbonyl (C=O) groups is 1. The molecule has 3 rings (SSSR count). The van der Waals surface area contributed by atoms with Crippen molar-refractivity contribution >= 4 is 15.9 Å². The molecule has 0 fully saturated rings. The van der Waals surface area contributed by atoms with Gasteiger partial charge in [0, 0.05) is 6.04 Å². The summed E-state index contributed by atoms with van der Waals surface area (Å²) in [5.41, 5.74) is 2.78. The largest absolute Gasteiger partial charge is 0.494 e. The van der Waals surface area contributed by atoms with E-state index in [0.717, 1.165) is 18.4 Å². The predicted octanol–water partition coefficient (Wildman–Crippen LogP) is 4.42. The smallest absolute Gasteiger partial charge is 0.241 e. The molecule has 0 heterocycles. The highest BCUT2D eigenvalue weighted by Gasteiger charge is 2.27. The molecule has 0 unspecified atom stereocenters. The lowest BCUT2D eigenvalue weighted by Gasteiger charge is -2.22. The highest BCUT2D eigenvalue weighted by Crippen LogP contribution is 2.22. The van der Waals surface area contributed by atoms with E-state index in [4.69, 9.17) is 4.74 Å². The summed E-state index contributed by atoms with van der Waals surface area (Å²) in [6.07, 6.45) is 1.81. The lowest BCUT2D eigenvalue weighted by Crippen LogP contribution is -2.50. The van der Waals surface area contributed by atoms with Crippen LogP contribution in [0.3, 0.4) is 0 Å². The van der Waals surface area contributed by atoms with Gasteiger partial charge >= 0.3 is 0 Å². The van der Waals surface area contributed by atoms with Crippen molar-refractivity contribution in [2.24, 2.45) is 0 Å². The van der Waals surface area contributed by atoms with Gasteiger partial charge in [0.1, 0.15) is 11.8 Å². The van der Waals surface area contributed by atoms with Gasteiger partial charge in [0.05, 0.1) is 11.5 Å². The van der Waals surface area contributed by atoms with E-state index in [2.05, 4.69) is 22.2 Å². The van der Waals surface area contributed by atoms with Crippen LogP contribution < -0.4 is 14.8 Å². The van der Waals surface area contributed by atoms with Crippen LogP contribution in [0.25, 0.3) is 0 Å². The molecule has 1 amide bonds. The Labute approximate surface area is 208 Å². The Morgan fingerprint density at radius 2 is 1.57 bits per heavy atom. The molecule has 3 aromatic rings. The number of nitrogens with one attached hydrogen (secondary N) is 2. The third-order valence-electron chi connectivity index (χ3n) is 5.75.